The van der Waals surface area contributed by atoms with E-state index in [4.69, 9.17) is 0 Å². The normalized spacial score (nSPS) is 11.7. The Labute approximate surface area is 172 Å². The molecule has 4 aromatic rings. The molecule has 2 nitrogen and oxygen atoms in total. The predicted molar refractivity (Wildman–Crippen MR) is 120 cm³/mol. The van der Waals surface area contributed by atoms with Crippen LogP contribution in [0.1, 0.15) is 22.3 Å². The molecule has 0 saturated heterocycles. The summed E-state index contributed by atoms with van der Waals surface area (Å²) in [6.45, 7) is 8.05. The van der Waals surface area contributed by atoms with Gasteiger partial charge < -0.3 is 0 Å². The first-order chi connectivity index (χ1) is 13.8. The Hall–Kier alpha value is -2.91. The van der Waals surface area contributed by atoms with Crippen LogP contribution >= 0.6 is 0 Å². The summed E-state index contributed by atoms with van der Waals surface area (Å²) in [6, 6.07) is 23.0. The smallest absolute Gasteiger partial charge is 0.207 e. The molecule has 0 N–H and O–H groups in total. The Kier molecular flexibility index (Phi) is 4.79. The van der Waals surface area contributed by atoms with E-state index in [-0.39, 0.29) is 0 Å². The quantitative estimate of drug-likeness (QED) is 0.389. The fourth-order valence-electron chi connectivity index (χ4n) is 3.98. The van der Waals surface area contributed by atoms with Gasteiger partial charge >= 0.3 is 0 Å². The highest BCUT2D eigenvalue weighted by atomic mass is 32.2. The van der Waals surface area contributed by atoms with E-state index in [1.54, 1.807) is 24.3 Å². The second-order valence-electron chi connectivity index (χ2n) is 7.61. The minimum Gasteiger partial charge on any atom is -0.218 e. The van der Waals surface area contributed by atoms with E-state index < -0.39 is 9.84 Å². The Morgan fingerprint density at radius 2 is 1.28 bits per heavy atom. The second-order valence-corrected chi connectivity index (χ2v) is 9.50. The predicted octanol–water partition coefficient (Wildman–Crippen LogP) is 6.57. The fraction of sp³-hybridized carbons (Fsp3) is 0.154. The highest BCUT2D eigenvalue weighted by molar-refractivity contribution is 7.91. The highest BCUT2D eigenvalue weighted by Gasteiger charge is 2.26. The van der Waals surface area contributed by atoms with E-state index >= 15 is 0 Å². The van der Waals surface area contributed by atoms with E-state index in [9.17, 15) is 8.42 Å². The average molecular weight is 401 g/mol. The van der Waals surface area contributed by atoms with Crippen molar-refractivity contribution in [1.29, 1.82) is 0 Å². The van der Waals surface area contributed by atoms with Gasteiger partial charge in [-0.05, 0) is 73.0 Å². The van der Waals surface area contributed by atoms with Crippen LogP contribution in [0.15, 0.2) is 82.6 Å². The molecule has 0 spiro atoms. The lowest BCUT2D eigenvalue weighted by molar-refractivity contribution is 0.596. The van der Waals surface area contributed by atoms with E-state index in [1.165, 1.54) is 5.56 Å². The second kappa shape index (κ2) is 7.16. The van der Waals surface area contributed by atoms with Gasteiger partial charge in [-0.15, -0.1) is 0 Å². The van der Waals surface area contributed by atoms with Crippen molar-refractivity contribution in [3.05, 3.63) is 95.1 Å². The Morgan fingerprint density at radius 1 is 0.621 bits per heavy atom. The zero-order valence-electron chi connectivity index (χ0n) is 17.2. The van der Waals surface area contributed by atoms with Crippen LogP contribution in [0.4, 0.5) is 0 Å². The van der Waals surface area contributed by atoms with Gasteiger partial charge in [-0.1, -0.05) is 66.2 Å². The molecule has 0 fully saturated rings. The van der Waals surface area contributed by atoms with Crippen LogP contribution < -0.4 is 0 Å². The van der Waals surface area contributed by atoms with Crippen LogP contribution in [0.5, 0.6) is 0 Å². The summed E-state index contributed by atoms with van der Waals surface area (Å²) < 4.78 is 27.5. The number of sulfone groups is 1. The molecule has 4 aromatic carbocycles. The Morgan fingerprint density at radius 3 is 1.93 bits per heavy atom. The maximum atomic E-state index is 13.8. The summed E-state index contributed by atoms with van der Waals surface area (Å²) in [7, 11) is -3.67. The van der Waals surface area contributed by atoms with Crippen molar-refractivity contribution in [3.63, 3.8) is 0 Å². The molecule has 0 unspecified atom stereocenters. The van der Waals surface area contributed by atoms with E-state index in [0.717, 1.165) is 38.6 Å². The highest BCUT2D eigenvalue weighted by Crippen LogP contribution is 2.40. The minimum atomic E-state index is -3.67. The summed E-state index contributed by atoms with van der Waals surface area (Å²) in [5.41, 5.74) is 6.11. The molecule has 0 radical (unpaired) electrons. The lowest BCUT2D eigenvalue weighted by atomic mass is 9.91. The van der Waals surface area contributed by atoms with Gasteiger partial charge in [-0.2, -0.15) is 0 Å². The molecule has 0 atom stereocenters. The molecule has 0 aliphatic heterocycles. The van der Waals surface area contributed by atoms with Gasteiger partial charge in [0, 0.05) is 5.39 Å². The summed E-state index contributed by atoms with van der Waals surface area (Å²) in [5, 5.41) is 1.79. The topological polar surface area (TPSA) is 34.1 Å². The van der Waals surface area contributed by atoms with Gasteiger partial charge in [0.2, 0.25) is 9.84 Å². The van der Waals surface area contributed by atoms with Gasteiger partial charge in [0.05, 0.1) is 9.79 Å². The van der Waals surface area contributed by atoms with Gasteiger partial charge in [-0.25, -0.2) is 8.42 Å². The van der Waals surface area contributed by atoms with Gasteiger partial charge in [-0.3, -0.25) is 0 Å². The summed E-state index contributed by atoms with van der Waals surface area (Å²) in [5.74, 6) is 0. The maximum absolute atomic E-state index is 13.8. The third kappa shape index (κ3) is 3.16. The molecule has 4 rings (SSSR count). The summed E-state index contributed by atoms with van der Waals surface area (Å²) in [4.78, 5) is 0.740. The first-order valence-electron chi connectivity index (χ1n) is 9.72. The van der Waals surface area contributed by atoms with Gasteiger partial charge in [0.25, 0.3) is 0 Å². The average Bonchev–Trinajstić information content (AvgIpc) is 2.73. The first-order valence-corrected chi connectivity index (χ1v) is 11.2. The van der Waals surface area contributed by atoms with Gasteiger partial charge in [0.15, 0.2) is 0 Å². The van der Waals surface area contributed by atoms with Crippen molar-refractivity contribution in [3.8, 4) is 11.1 Å². The molecule has 0 aliphatic rings. The van der Waals surface area contributed by atoms with Crippen molar-refractivity contribution >= 4 is 20.6 Å². The molecule has 0 saturated carbocycles. The minimum absolute atomic E-state index is 0.325. The number of hydrogen-bond donors (Lipinski definition) is 0. The number of benzene rings is 4. The van der Waals surface area contributed by atoms with Crippen molar-refractivity contribution in [2.45, 2.75) is 37.5 Å². The third-order valence-electron chi connectivity index (χ3n) is 5.85. The number of hydrogen-bond acceptors (Lipinski definition) is 2. The van der Waals surface area contributed by atoms with Crippen LogP contribution in [0.25, 0.3) is 21.9 Å². The summed E-state index contributed by atoms with van der Waals surface area (Å²) in [6.07, 6.45) is 0. The largest absolute Gasteiger partial charge is 0.218 e. The monoisotopic (exact) mass is 400 g/mol. The van der Waals surface area contributed by atoms with Crippen molar-refractivity contribution in [1.82, 2.24) is 0 Å². The van der Waals surface area contributed by atoms with Crippen LogP contribution in [0.3, 0.4) is 0 Å². The molecule has 146 valence electrons. The summed E-state index contributed by atoms with van der Waals surface area (Å²) >= 11 is 0. The SMILES string of the molecule is Cc1ccc(-c2cccc3c(C)c(C)c(C)c(S(=O)(=O)c4ccccc4)c23)cc1. The maximum Gasteiger partial charge on any atom is 0.207 e. The fourth-order valence-corrected chi connectivity index (χ4v) is 5.77. The van der Waals surface area contributed by atoms with E-state index in [2.05, 4.69) is 38.1 Å². The van der Waals surface area contributed by atoms with Crippen LogP contribution in [-0.2, 0) is 9.84 Å². The van der Waals surface area contributed by atoms with Crippen molar-refractivity contribution in [2.75, 3.05) is 0 Å². The molecule has 0 heterocycles. The van der Waals surface area contributed by atoms with E-state index in [0.29, 0.717) is 9.79 Å². The van der Waals surface area contributed by atoms with Crippen LogP contribution in [0, 0.1) is 27.7 Å². The van der Waals surface area contributed by atoms with Crippen LogP contribution in [-0.4, -0.2) is 8.42 Å². The van der Waals surface area contributed by atoms with Crippen molar-refractivity contribution in [2.24, 2.45) is 0 Å². The Balaban J connectivity index is 2.18. The zero-order chi connectivity index (χ0) is 20.8. The Bertz CT molecular complexity index is 1320. The lowest BCUT2D eigenvalue weighted by Crippen LogP contribution is -2.08. The molecule has 0 aliphatic carbocycles. The zero-order valence-corrected chi connectivity index (χ0v) is 18.0. The lowest BCUT2D eigenvalue weighted by Gasteiger charge is -2.20. The molecule has 0 bridgehead atoms. The molecule has 0 amide bonds. The van der Waals surface area contributed by atoms with E-state index in [1.807, 2.05) is 38.1 Å². The number of aryl methyl sites for hydroxylation is 2. The first kappa shape index (κ1) is 19.4. The molecule has 3 heteroatoms. The third-order valence-corrected chi connectivity index (χ3v) is 7.79. The van der Waals surface area contributed by atoms with Crippen molar-refractivity contribution < 1.29 is 8.42 Å². The standard InChI is InChI=1S/C26H24O2S/c1-17-13-15-21(16-14-17)24-12-8-11-23-19(3)18(2)20(4)26(25(23)24)29(27,28)22-9-6-5-7-10-22/h5-16H,1-4H3. The molecule has 0 aromatic heterocycles. The number of fused-ring (bicyclic) bond motifs is 1. The number of rotatable bonds is 3. The molecule has 29 heavy (non-hydrogen) atoms. The molecular formula is C26H24O2S. The van der Waals surface area contributed by atoms with Crippen LogP contribution in [0.2, 0.25) is 0 Å². The van der Waals surface area contributed by atoms with Gasteiger partial charge in [0.1, 0.15) is 0 Å². The molecular weight excluding hydrogens is 376 g/mol.